The van der Waals surface area contributed by atoms with Crippen LogP contribution in [0.2, 0.25) is 0 Å². The molecule has 0 bridgehead atoms. The molecule has 0 fully saturated rings. The van der Waals surface area contributed by atoms with Crippen LogP contribution in [0, 0.1) is 5.92 Å². The monoisotopic (exact) mass is 239 g/mol. The van der Waals surface area contributed by atoms with Gasteiger partial charge in [0, 0.05) is 12.5 Å². The van der Waals surface area contributed by atoms with Crippen LogP contribution in [0.1, 0.15) is 52.9 Å². The fourth-order valence-corrected chi connectivity index (χ4v) is 1.72. The van der Waals surface area contributed by atoms with Crippen LogP contribution in [0.15, 0.2) is 0 Å². The highest BCUT2D eigenvalue weighted by Gasteiger charge is 2.27. The average molecular weight is 239 g/mol. The molecule has 1 N–H and O–H groups in total. The molecular weight excluding hydrogens is 215 g/mol. The minimum absolute atomic E-state index is 0.229. The van der Waals surface area contributed by atoms with Crippen molar-refractivity contribution in [2.45, 2.75) is 65.1 Å². The van der Waals surface area contributed by atoms with Crippen molar-refractivity contribution in [1.82, 2.24) is 5.32 Å². The Morgan fingerprint density at radius 2 is 1.81 bits per heavy atom. The summed E-state index contributed by atoms with van der Waals surface area (Å²) in [7, 11) is 0. The zero-order valence-corrected chi connectivity index (χ0v) is 10.5. The van der Waals surface area contributed by atoms with Crippen LogP contribution < -0.4 is 5.32 Å². The predicted molar refractivity (Wildman–Crippen MR) is 61.4 cm³/mol. The number of rotatable bonds is 8. The van der Waals surface area contributed by atoms with E-state index in [2.05, 4.69) is 26.1 Å². The standard InChI is InChI=1S/C12H24F3N/c1-4-9-16-11(10(3)5-2)7-6-8-12(13,14)15/h10-11,16H,4-9H2,1-3H3. The third kappa shape index (κ3) is 7.97. The summed E-state index contributed by atoms with van der Waals surface area (Å²) in [5.74, 6) is 0.444. The van der Waals surface area contributed by atoms with Crippen LogP contribution in [0.5, 0.6) is 0 Å². The molecule has 0 amide bonds. The molecule has 1 nitrogen and oxygen atoms in total. The maximum absolute atomic E-state index is 12.0. The summed E-state index contributed by atoms with van der Waals surface area (Å²) in [5, 5.41) is 3.34. The van der Waals surface area contributed by atoms with Crippen molar-refractivity contribution in [1.29, 1.82) is 0 Å². The van der Waals surface area contributed by atoms with E-state index in [1.54, 1.807) is 0 Å². The van der Waals surface area contributed by atoms with Crippen LogP contribution in [0.25, 0.3) is 0 Å². The van der Waals surface area contributed by atoms with Crippen LogP contribution in [-0.4, -0.2) is 18.8 Å². The Hall–Kier alpha value is -0.250. The van der Waals surface area contributed by atoms with E-state index in [1.807, 2.05) is 0 Å². The second-order valence-electron chi connectivity index (χ2n) is 4.45. The number of nitrogens with one attached hydrogen (secondary N) is 1. The fraction of sp³-hybridized carbons (Fsp3) is 1.00. The molecule has 0 spiro atoms. The fourth-order valence-electron chi connectivity index (χ4n) is 1.72. The molecule has 0 aromatic carbocycles. The maximum Gasteiger partial charge on any atom is 0.389 e. The van der Waals surface area contributed by atoms with Gasteiger partial charge in [-0.05, 0) is 31.7 Å². The summed E-state index contributed by atoms with van der Waals surface area (Å²) in [6.07, 6.45) is -1.79. The van der Waals surface area contributed by atoms with Crippen molar-refractivity contribution < 1.29 is 13.2 Å². The van der Waals surface area contributed by atoms with Gasteiger partial charge in [-0.1, -0.05) is 27.2 Å². The number of alkyl halides is 3. The minimum atomic E-state index is -4.01. The van der Waals surface area contributed by atoms with Gasteiger partial charge in [0.2, 0.25) is 0 Å². The summed E-state index contributed by atoms with van der Waals surface area (Å²) >= 11 is 0. The lowest BCUT2D eigenvalue weighted by Gasteiger charge is -2.24. The Labute approximate surface area is 96.8 Å². The van der Waals surface area contributed by atoms with E-state index < -0.39 is 12.6 Å². The summed E-state index contributed by atoms with van der Waals surface area (Å²) < 4.78 is 36.1. The summed E-state index contributed by atoms with van der Waals surface area (Å²) in [4.78, 5) is 0. The van der Waals surface area contributed by atoms with Crippen molar-refractivity contribution in [3.63, 3.8) is 0 Å². The maximum atomic E-state index is 12.0. The molecule has 0 aliphatic carbocycles. The van der Waals surface area contributed by atoms with Gasteiger partial charge >= 0.3 is 6.18 Å². The van der Waals surface area contributed by atoms with Gasteiger partial charge in [-0.2, -0.15) is 13.2 Å². The Kier molecular flexibility index (Phi) is 7.81. The van der Waals surface area contributed by atoms with Crippen molar-refractivity contribution in [2.24, 2.45) is 5.92 Å². The van der Waals surface area contributed by atoms with Crippen LogP contribution in [0.3, 0.4) is 0 Å². The molecule has 0 aliphatic rings. The lowest BCUT2D eigenvalue weighted by molar-refractivity contribution is -0.136. The van der Waals surface area contributed by atoms with Crippen LogP contribution in [-0.2, 0) is 0 Å². The lowest BCUT2D eigenvalue weighted by atomic mass is 9.94. The first-order valence-electron chi connectivity index (χ1n) is 6.20. The molecule has 0 heterocycles. The molecule has 0 saturated heterocycles. The number of hydrogen-bond donors (Lipinski definition) is 1. The van der Waals surface area contributed by atoms with E-state index in [1.165, 1.54) is 0 Å². The minimum Gasteiger partial charge on any atom is -0.314 e. The molecule has 4 heteroatoms. The lowest BCUT2D eigenvalue weighted by Crippen LogP contribution is -2.35. The Morgan fingerprint density at radius 3 is 2.25 bits per heavy atom. The Morgan fingerprint density at radius 1 is 1.19 bits per heavy atom. The quantitative estimate of drug-likeness (QED) is 0.671. The van der Waals surface area contributed by atoms with E-state index in [4.69, 9.17) is 0 Å². The largest absolute Gasteiger partial charge is 0.389 e. The van der Waals surface area contributed by atoms with Crippen molar-refractivity contribution in [2.75, 3.05) is 6.54 Å². The second-order valence-corrected chi connectivity index (χ2v) is 4.45. The molecule has 2 unspecified atom stereocenters. The highest BCUT2D eigenvalue weighted by Crippen LogP contribution is 2.24. The first-order chi connectivity index (χ1) is 7.40. The normalized spacial score (nSPS) is 16.1. The average Bonchev–Trinajstić information content (AvgIpc) is 2.20. The van der Waals surface area contributed by atoms with Crippen molar-refractivity contribution >= 4 is 0 Å². The molecule has 98 valence electrons. The number of hydrogen-bond acceptors (Lipinski definition) is 1. The summed E-state index contributed by atoms with van der Waals surface area (Å²) in [5.41, 5.74) is 0. The molecule has 2 atom stereocenters. The summed E-state index contributed by atoms with van der Waals surface area (Å²) in [6, 6.07) is 0.229. The molecule has 0 aromatic rings. The highest BCUT2D eigenvalue weighted by atomic mass is 19.4. The van der Waals surface area contributed by atoms with Gasteiger partial charge in [-0.25, -0.2) is 0 Å². The molecule has 0 aliphatic heterocycles. The first kappa shape index (κ1) is 15.8. The zero-order chi connectivity index (χ0) is 12.6. The molecule has 0 saturated carbocycles. The summed E-state index contributed by atoms with van der Waals surface area (Å²) in [6.45, 7) is 7.13. The number of halogens is 3. The van der Waals surface area contributed by atoms with E-state index >= 15 is 0 Å². The Balaban J connectivity index is 3.91. The van der Waals surface area contributed by atoms with E-state index in [9.17, 15) is 13.2 Å². The second kappa shape index (κ2) is 7.93. The van der Waals surface area contributed by atoms with Gasteiger partial charge in [0.15, 0.2) is 0 Å². The Bertz CT molecular complexity index is 168. The SMILES string of the molecule is CCCNC(CCCC(F)(F)F)C(C)CC. The van der Waals surface area contributed by atoms with Gasteiger partial charge in [0.1, 0.15) is 0 Å². The van der Waals surface area contributed by atoms with Crippen molar-refractivity contribution in [3.05, 3.63) is 0 Å². The van der Waals surface area contributed by atoms with Crippen molar-refractivity contribution in [3.8, 4) is 0 Å². The first-order valence-corrected chi connectivity index (χ1v) is 6.20. The smallest absolute Gasteiger partial charge is 0.314 e. The topological polar surface area (TPSA) is 12.0 Å². The highest BCUT2D eigenvalue weighted by molar-refractivity contribution is 4.73. The van der Waals surface area contributed by atoms with Gasteiger partial charge in [-0.3, -0.25) is 0 Å². The van der Waals surface area contributed by atoms with E-state index in [-0.39, 0.29) is 12.5 Å². The van der Waals surface area contributed by atoms with Gasteiger partial charge in [0.05, 0.1) is 0 Å². The van der Waals surface area contributed by atoms with E-state index in [0.29, 0.717) is 12.3 Å². The van der Waals surface area contributed by atoms with E-state index in [0.717, 1.165) is 19.4 Å². The van der Waals surface area contributed by atoms with Crippen LogP contribution >= 0.6 is 0 Å². The molecule has 0 aromatic heterocycles. The van der Waals surface area contributed by atoms with Gasteiger partial charge in [0.25, 0.3) is 0 Å². The van der Waals surface area contributed by atoms with Gasteiger partial charge in [-0.15, -0.1) is 0 Å². The van der Waals surface area contributed by atoms with Crippen LogP contribution in [0.4, 0.5) is 13.2 Å². The molecule has 0 radical (unpaired) electrons. The van der Waals surface area contributed by atoms with Gasteiger partial charge < -0.3 is 5.32 Å². The third-order valence-corrected chi connectivity index (χ3v) is 2.96. The third-order valence-electron chi connectivity index (χ3n) is 2.96. The molecular formula is C12H24F3N. The molecule has 16 heavy (non-hydrogen) atoms. The molecule has 0 rings (SSSR count). The predicted octanol–water partition coefficient (Wildman–Crippen LogP) is 4.13. The zero-order valence-electron chi connectivity index (χ0n) is 10.5.